The molecule has 0 saturated carbocycles. The van der Waals surface area contributed by atoms with Crippen molar-refractivity contribution in [2.24, 2.45) is 11.8 Å². The fraction of sp³-hybridized carbons (Fsp3) is 0.364. The van der Waals surface area contributed by atoms with E-state index in [9.17, 15) is 9.18 Å². The molecule has 3 heterocycles. The second-order valence-corrected chi connectivity index (χ2v) is 7.98. The average Bonchev–Trinajstić information content (AvgIpc) is 3.34. The predicted molar refractivity (Wildman–Crippen MR) is 120 cm³/mol. The van der Waals surface area contributed by atoms with Gasteiger partial charge in [-0.25, -0.2) is 9.37 Å². The number of aryl methyl sites for hydroxylation is 1. The van der Waals surface area contributed by atoms with Gasteiger partial charge in [-0.3, -0.25) is 4.79 Å². The van der Waals surface area contributed by atoms with Crippen molar-refractivity contribution in [2.75, 3.05) is 19.6 Å². The first-order chi connectivity index (χ1) is 13.6. The van der Waals surface area contributed by atoms with Crippen LogP contribution >= 0.6 is 24.8 Å². The minimum atomic E-state index is -0.251. The Morgan fingerprint density at radius 3 is 2.83 bits per heavy atom. The number of amides is 1. The summed E-state index contributed by atoms with van der Waals surface area (Å²) in [6, 6.07) is 12.6. The number of carbonyl (C=O) groups excluding carboxylic acids is 1. The SMILES string of the molecule is Cc1nc2ccc(CC(=O)N3C[C@@H]4CNC[C@@H]4[C@@H]3c3cccc(F)c3)cc2[nH]1.Cl.Cl. The predicted octanol–water partition coefficient (Wildman–Crippen LogP) is 3.82. The van der Waals surface area contributed by atoms with Gasteiger partial charge in [-0.2, -0.15) is 0 Å². The molecule has 0 bridgehead atoms. The third-order valence-corrected chi connectivity index (χ3v) is 6.10. The molecule has 0 radical (unpaired) electrons. The molecule has 2 aliphatic heterocycles. The number of likely N-dealkylation sites (tertiary alicyclic amines) is 1. The van der Waals surface area contributed by atoms with Gasteiger partial charge in [0.2, 0.25) is 5.91 Å². The number of nitrogens with one attached hydrogen (secondary N) is 2. The first kappa shape index (κ1) is 22.5. The van der Waals surface area contributed by atoms with Crippen molar-refractivity contribution in [3.8, 4) is 0 Å². The Labute approximate surface area is 187 Å². The molecule has 2 saturated heterocycles. The van der Waals surface area contributed by atoms with Crippen molar-refractivity contribution < 1.29 is 9.18 Å². The number of benzene rings is 2. The van der Waals surface area contributed by atoms with Gasteiger partial charge in [0.25, 0.3) is 0 Å². The lowest BCUT2D eigenvalue weighted by Crippen LogP contribution is -2.35. The number of hydrogen-bond donors (Lipinski definition) is 2. The molecule has 5 nitrogen and oxygen atoms in total. The van der Waals surface area contributed by atoms with Gasteiger partial charge in [0.05, 0.1) is 23.5 Å². The van der Waals surface area contributed by atoms with E-state index in [0.717, 1.165) is 47.6 Å². The zero-order chi connectivity index (χ0) is 19.3. The van der Waals surface area contributed by atoms with Crippen LogP contribution in [0.15, 0.2) is 42.5 Å². The highest BCUT2D eigenvalue weighted by Gasteiger charge is 2.46. The Morgan fingerprint density at radius 1 is 1.20 bits per heavy atom. The zero-order valence-corrected chi connectivity index (χ0v) is 18.2. The van der Waals surface area contributed by atoms with Crippen molar-refractivity contribution in [1.82, 2.24) is 20.2 Å². The number of fused-ring (bicyclic) bond motifs is 2. The van der Waals surface area contributed by atoms with E-state index in [4.69, 9.17) is 0 Å². The van der Waals surface area contributed by atoms with Crippen LogP contribution in [0.25, 0.3) is 11.0 Å². The number of aromatic amines is 1. The molecule has 30 heavy (non-hydrogen) atoms. The molecule has 0 spiro atoms. The maximum Gasteiger partial charge on any atom is 0.227 e. The zero-order valence-electron chi connectivity index (χ0n) is 16.6. The highest BCUT2D eigenvalue weighted by molar-refractivity contribution is 5.85. The van der Waals surface area contributed by atoms with Crippen molar-refractivity contribution >= 4 is 41.8 Å². The summed E-state index contributed by atoms with van der Waals surface area (Å²) in [7, 11) is 0. The van der Waals surface area contributed by atoms with Crippen LogP contribution in [0.4, 0.5) is 4.39 Å². The van der Waals surface area contributed by atoms with Crippen LogP contribution < -0.4 is 5.32 Å². The summed E-state index contributed by atoms with van der Waals surface area (Å²) in [6.45, 7) is 4.43. The molecule has 3 atom stereocenters. The maximum absolute atomic E-state index is 13.9. The lowest BCUT2D eigenvalue weighted by molar-refractivity contribution is -0.131. The van der Waals surface area contributed by atoms with E-state index in [0.29, 0.717) is 18.3 Å². The number of imidazole rings is 1. The van der Waals surface area contributed by atoms with Gasteiger partial charge in [0.1, 0.15) is 11.6 Å². The molecular formula is C22H25Cl2FN4O. The molecule has 8 heteroatoms. The van der Waals surface area contributed by atoms with E-state index < -0.39 is 0 Å². The third-order valence-electron chi connectivity index (χ3n) is 6.10. The van der Waals surface area contributed by atoms with Crippen LogP contribution in [-0.4, -0.2) is 40.4 Å². The number of H-pyrrole nitrogens is 1. The average molecular weight is 451 g/mol. The Hall–Kier alpha value is -2.15. The second kappa shape index (κ2) is 8.92. The van der Waals surface area contributed by atoms with Crippen LogP contribution in [-0.2, 0) is 11.2 Å². The fourth-order valence-electron chi connectivity index (χ4n) is 4.87. The topological polar surface area (TPSA) is 61.0 Å². The van der Waals surface area contributed by atoms with Gasteiger partial charge in [0.15, 0.2) is 0 Å². The van der Waals surface area contributed by atoms with Gasteiger partial charge in [-0.15, -0.1) is 24.8 Å². The monoisotopic (exact) mass is 450 g/mol. The van der Waals surface area contributed by atoms with Crippen LogP contribution in [0.2, 0.25) is 0 Å². The molecule has 160 valence electrons. The number of hydrogen-bond acceptors (Lipinski definition) is 3. The summed E-state index contributed by atoms with van der Waals surface area (Å²) in [4.78, 5) is 22.9. The lowest BCUT2D eigenvalue weighted by atomic mass is 9.89. The quantitative estimate of drug-likeness (QED) is 0.637. The molecule has 2 fully saturated rings. The van der Waals surface area contributed by atoms with Crippen LogP contribution in [0.3, 0.4) is 0 Å². The first-order valence-electron chi connectivity index (χ1n) is 9.79. The van der Waals surface area contributed by atoms with Gasteiger partial charge in [-0.1, -0.05) is 18.2 Å². The standard InChI is InChI=1S/C22H23FN4O.2ClH/c1-13-25-19-6-5-14(7-20(19)26-13)8-21(28)27-12-16-10-24-11-18(16)22(27)15-3-2-4-17(23)9-15;;/h2-7,9,16,18,22,24H,8,10-12H2,1H3,(H,25,26);2*1H/t16-,18-,22-;;/m0../s1. The van der Waals surface area contributed by atoms with Crippen LogP contribution in [0, 0.1) is 24.6 Å². The molecule has 1 amide bonds. The Bertz CT molecular complexity index is 1060. The Balaban J connectivity index is 0.00000128. The van der Waals surface area contributed by atoms with Crippen LogP contribution in [0.1, 0.15) is 23.0 Å². The largest absolute Gasteiger partial charge is 0.342 e. The normalized spacial score (nSPS) is 22.5. The maximum atomic E-state index is 13.9. The summed E-state index contributed by atoms with van der Waals surface area (Å²) in [6.07, 6.45) is 0.340. The van der Waals surface area contributed by atoms with Gasteiger partial charge in [-0.05, 0) is 48.2 Å². The molecular weight excluding hydrogens is 426 g/mol. The van der Waals surface area contributed by atoms with Gasteiger partial charge in [0, 0.05) is 25.6 Å². The van der Waals surface area contributed by atoms with Crippen molar-refractivity contribution in [3.05, 3.63) is 65.2 Å². The molecule has 2 aromatic carbocycles. The van der Waals surface area contributed by atoms with Crippen LogP contribution in [0.5, 0.6) is 0 Å². The minimum absolute atomic E-state index is 0. The summed E-state index contributed by atoms with van der Waals surface area (Å²) < 4.78 is 13.9. The van der Waals surface area contributed by atoms with Crippen molar-refractivity contribution in [3.63, 3.8) is 0 Å². The van der Waals surface area contributed by atoms with E-state index >= 15 is 0 Å². The highest BCUT2D eigenvalue weighted by atomic mass is 35.5. The van der Waals surface area contributed by atoms with Crippen molar-refractivity contribution in [2.45, 2.75) is 19.4 Å². The number of halogens is 3. The van der Waals surface area contributed by atoms with E-state index in [1.54, 1.807) is 12.1 Å². The third kappa shape index (κ3) is 4.04. The smallest absolute Gasteiger partial charge is 0.227 e. The summed E-state index contributed by atoms with van der Waals surface area (Å²) >= 11 is 0. The summed E-state index contributed by atoms with van der Waals surface area (Å²) in [5.41, 5.74) is 3.72. The number of carbonyl (C=O) groups is 1. The molecule has 0 aliphatic carbocycles. The second-order valence-electron chi connectivity index (χ2n) is 7.98. The van der Waals surface area contributed by atoms with Gasteiger partial charge < -0.3 is 15.2 Å². The summed E-state index contributed by atoms with van der Waals surface area (Å²) in [5.74, 6) is 1.47. The van der Waals surface area contributed by atoms with E-state index in [1.807, 2.05) is 36.1 Å². The molecule has 5 rings (SSSR count). The first-order valence-corrected chi connectivity index (χ1v) is 9.79. The Morgan fingerprint density at radius 2 is 2.03 bits per heavy atom. The van der Waals surface area contributed by atoms with Gasteiger partial charge >= 0.3 is 0 Å². The van der Waals surface area contributed by atoms with Crippen molar-refractivity contribution in [1.29, 1.82) is 0 Å². The number of nitrogens with zero attached hydrogens (tertiary/aromatic N) is 2. The van der Waals surface area contributed by atoms with E-state index in [1.165, 1.54) is 6.07 Å². The van der Waals surface area contributed by atoms with E-state index in [-0.39, 0.29) is 42.6 Å². The highest BCUT2D eigenvalue weighted by Crippen LogP contribution is 2.43. The molecule has 2 aliphatic rings. The molecule has 0 unspecified atom stereocenters. The Kier molecular flexibility index (Phi) is 6.70. The molecule has 2 N–H and O–H groups in total. The number of aromatic nitrogens is 2. The van der Waals surface area contributed by atoms with E-state index in [2.05, 4.69) is 15.3 Å². The molecule has 3 aromatic rings. The molecule has 1 aromatic heterocycles. The minimum Gasteiger partial charge on any atom is -0.342 e. The summed E-state index contributed by atoms with van der Waals surface area (Å²) in [5, 5.41) is 3.43. The lowest BCUT2D eigenvalue weighted by Gasteiger charge is -2.28. The fourth-order valence-corrected chi connectivity index (χ4v) is 4.87. The number of rotatable bonds is 3.